The van der Waals surface area contributed by atoms with Crippen molar-refractivity contribution in [3.63, 3.8) is 0 Å². The first kappa shape index (κ1) is 22.4. The molecular formula is C23H20N4O4S2. The SMILES string of the molecule is COc1ccccc1C(=O)Nc1nc(C)c(-c2csc(NC(=O)COc3ccccc3)n2)s1. The first-order chi connectivity index (χ1) is 16.0. The molecule has 4 aromatic rings. The van der Waals surface area contributed by atoms with Crippen LogP contribution in [0.3, 0.4) is 0 Å². The molecule has 2 N–H and O–H groups in total. The van der Waals surface area contributed by atoms with Gasteiger partial charge >= 0.3 is 0 Å². The van der Waals surface area contributed by atoms with Crippen molar-refractivity contribution in [3.05, 3.63) is 71.2 Å². The van der Waals surface area contributed by atoms with Crippen LogP contribution in [0.25, 0.3) is 10.6 Å². The van der Waals surface area contributed by atoms with Crippen molar-refractivity contribution in [3.8, 4) is 22.1 Å². The Hall–Kier alpha value is -3.76. The van der Waals surface area contributed by atoms with Gasteiger partial charge in [0.1, 0.15) is 11.5 Å². The topological polar surface area (TPSA) is 102 Å². The summed E-state index contributed by atoms with van der Waals surface area (Å²) in [5.74, 6) is 0.498. The van der Waals surface area contributed by atoms with Crippen molar-refractivity contribution in [2.24, 2.45) is 0 Å². The van der Waals surface area contributed by atoms with Gasteiger partial charge in [-0.1, -0.05) is 41.7 Å². The number of hydrogen-bond acceptors (Lipinski definition) is 8. The van der Waals surface area contributed by atoms with E-state index in [2.05, 4.69) is 20.6 Å². The number of thiazole rings is 2. The number of aromatic nitrogens is 2. The second kappa shape index (κ2) is 10.2. The molecule has 2 aromatic heterocycles. The molecule has 0 aliphatic rings. The Balaban J connectivity index is 1.40. The van der Waals surface area contributed by atoms with E-state index in [1.807, 2.05) is 30.5 Å². The molecule has 0 bridgehead atoms. The molecule has 33 heavy (non-hydrogen) atoms. The summed E-state index contributed by atoms with van der Waals surface area (Å²) in [7, 11) is 1.52. The maximum absolute atomic E-state index is 12.6. The number of carbonyl (C=O) groups is 2. The molecule has 168 valence electrons. The highest BCUT2D eigenvalue weighted by Crippen LogP contribution is 2.35. The Labute approximate surface area is 198 Å². The molecular weight excluding hydrogens is 460 g/mol. The fraction of sp³-hybridized carbons (Fsp3) is 0.130. The van der Waals surface area contributed by atoms with Crippen LogP contribution in [0.1, 0.15) is 16.1 Å². The van der Waals surface area contributed by atoms with E-state index in [-0.39, 0.29) is 18.4 Å². The predicted molar refractivity (Wildman–Crippen MR) is 129 cm³/mol. The van der Waals surface area contributed by atoms with E-state index in [1.165, 1.54) is 29.8 Å². The highest BCUT2D eigenvalue weighted by molar-refractivity contribution is 7.20. The van der Waals surface area contributed by atoms with E-state index in [1.54, 1.807) is 36.4 Å². The van der Waals surface area contributed by atoms with Gasteiger partial charge in [-0.05, 0) is 31.2 Å². The number of nitrogens with one attached hydrogen (secondary N) is 2. The molecule has 2 amide bonds. The lowest BCUT2D eigenvalue weighted by molar-refractivity contribution is -0.118. The van der Waals surface area contributed by atoms with E-state index in [4.69, 9.17) is 9.47 Å². The average molecular weight is 481 g/mol. The molecule has 10 heteroatoms. The quantitative estimate of drug-likeness (QED) is 0.374. The van der Waals surface area contributed by atoms with Gasteiger partial charge in [0.15, 0.2) is 16.9 Å². The van der Waals surface area contributed by atoms with Crippen LogP contribution >= 0.6 is 22.7 Å². The number of anilines is 2. The first-order valence-electron chi connectivity index (χ1n) is 9.89. The molecule has 0 aliphatic carbocycles. The zero-order valence-electron chi connectivity index (χ0n) is 17.8. The number of ether oxygens (including phenoxy) is 2. The van der Waals surface area contributed by atoms with Crippen LogP contribution in [0.5, 0.6) is 11.5 Å². The third-order valence-corrected chi connectivity index (χ3v) is 6.32. The van der Waals surface area contributed by atoms with Gasteiger partial charge < -0.3 is 9.47 Å². The lowest BCUT2D eigenvalue weighted by Crippen LogP contribution is -2.19. The van der Waals surface area contributed by atoms with Gasteiger partial charge in [-0.15, -0.1) is 11.3 Å². The zero-order valence-corrected chi connectivity index (χ0v) is 19.5. The molecule has 0 saturated heterocycles. The molecule has 8 nitrogen and oxygen atoms in total. The number of hydrogen-bond donors (Lipinski definition) is 2. The third-order valence-electron chi connectivity index (χ3n) is 4.46. The second-order valence-corrected chi connectivity index (χ2v) is 8.63. The predicted octanol–water partition coefficient (Wildman–Crippen LogP) is 4.85. The van der Waals surface area contributed by atoms with Crippen LogP contribution in [0.2, 0.25) is 0 Å². The number of methoxy groups -OCH3 is 1. The molecule has 0 saturated carbocycles. The Morgan fingerprint density at radius 2 is 1.73 bits per heavy atom. The van der Waals surface area contributed by atoms with Gasteiger partial charge in [0.25, 0.3) is 11.8 Å². The molecule has 0 atom stereocenters. The van der Waals surface area contributed by atoms with Crippen molar-refractivity contribution < 1.29 is 19.1 Å². The van der Waals surface area contributed by atoms with Crippen LogP contribution in [0.15, 0.2) is 60.0 Å². The third kappa shape index (κ3) is 5.54. The number of aryl methyl sites for hydroxylation is 1. The number of carbonyl (C=O) groups excluding carboxylic acids is 2. The first-order valence-corrected chi connectivity index (χ1v) is 11.6. The second-order valence-electron chi connectivity index (χ2n) is 6.78. The minimum Gasteiger partial charge on any atom is -0.496 e. The molecule has 0 aliphatic heterocycles. The Kier molecular flexibility index (Phi) is 6.96. The summed E-state index contributed by atoms with van der Waals surface area (Å²) in [6, 6.07) is 16.1. The van der Waals surface area contributed by atoms with Gasteiger partial charge in [0, 0.05) is 5.38 Å². The van der Waals surface area contributed by atoms with Crippen LogP contribution in [-0.4, -0.2) is 35.5 Å². The lowest BCUT2D eigenvalue weighted by atomic mass is 10.2. The molecule has 0 unspecified atom stereocenters. The lowest BCUT2D eigenvalue weighted by Gasteiger charge is -2.06. The zero-order chi connectivity index (χ0) is 23.2. The fourth-order valence-corrected chi connectivity index (χ4v) is 4.65. The summed E-state index contributed by atoms with van der Waals surface area (Å²) in [6.45, 7) is 1.73. The van der Waals surface area contributed by atoms with E-state index < -0.39 is 0 Å². The van der Waals surface area contributed by atoms with Crippen molar-refractivity contribution >= 4 is 44.8 Å². The Bertz CT molecular complexity index is 1270. The summed E-state index contributed by atoms with van der Waals surface area (Å²) in [5, 5.41) is 8.29. The number of amides is 2. The number of nitrogens with zero attached hydrogens (tertiary/aromatic N) is 2. The molecule has 0 spiro atoms. The summed E-state index contributed by atoms with van der Waals surface area (Å²) < 4.78 is 10.7. The van der Waals surface area contributed by atoms with Crippen molar-refractivity contribution in [1.82, 2.24) is 9.97 Å². The van der Waals surface area contributed by atoms with Crippen molar-refractivity contribution in [1.29, 1.82) is 0 Å². The average Bonchev–Trinajstić information content (AvgIpc) is 3.44. The van der Waals surface area contributed by atoms with Gasteiger partial charge in [0.2, 0.25) is 0 Å². The Morgan fingerprint density at radius 1 is 0.970 bits per heavy atom. The summed E-state index contributed by atoms with van der Waals surface area (Å²) in [5.41, 5.74) is 1.82. The molecule has 4 rings (SSSR count). The van der Waals surface area contributed by atoms with Crippen LogP contribution < -0.4 is 20.1 Å². The molecule has 2 aromatic carbocycles. The van der Waals surface area contributed by atoms with E-state index in [9.17, 15) is 9.59 Å². The summed E-state index contributed by atoms with van der Waals surface area (Å²) in [6.07, 6.45) is 0. The van der Waals surface area contributed by atoms with Gasteiger partial charge in [-0.3, -0.25) is 20.2 Å². The van der Waals surface area contributed by atoms with Gasteiger partial charge in [0.05, 0.1) is 28.9 Å². The standard InChI is InChI=1S/C23H20N4O4S2/c1-14-20(33-23(24-14)27-21(29)16-10-6-7-11-18(16)30-2)17-13-32-22(25-17)26-19(28)12-31-15-8-4-3-5-9-15/h3-11,13H,12H2,1-2H3,(H,24,27,29)(H,25,26,28). The van der Waals surface area contributed by atoms with Gasteiger partial charge in [-0.25, -0.2) is 9.97 Å². The smallest absolute Gasteiger partial charge is 0.264 e. The van der Waals surface area contributed by atoms with Crippen molar-refractivity contribution in [2.75, 3.05) is 24.4 Å². The molecule has 2 heterocycles. The highest BCUT2D eigenvalue weighted by Gasteiger charge is 2.18. The van der Waals surface area contributed by atoms with Crippen LogP contribution in [0.4, 0.5) is 10.3 Å². The monoisotopic (exact) mass is 480 g/mol. The van der Waals surface area contributed by atoms with Crippen LogP contribution in [0, 0.1) is 6.92 Å². The van der Waals surface area contributed by atoms with E-state index >= 15 is 0 Å². The maximum Gasteiger partial charge on any atom is 0.264 e. The summed E-state index contributed by atoms with van der Waals surface area (Å²) >= 11 is 2.62. The van der Waals surface area contributed by atoms with Gasteiger partial charge in [-0.2, -0.15) is 0 Å². The number of para-hydroxylation sites is 2. The Morgan fingerprint density at radius 3 is 2.52 bits per heavy atom. The van der Waals surface area contributed by atoms with Crippen LogP contribution in [-0.2, 0) is 4.79 Å². The highest BCUT2D eigenvalue weighted by atomic mass is 32.1. The normalized spacial score (nSPS) is 10.5. The largest absolute Gasteiger partial charge is 0.496 e. The fourth-order valence-electron chi connectivity index (χ4n) is 2.94. The van der Waals surface area contributed by atoms with Crippen molar-refractivity contribution in [2.45, 2.75) is 6.92 Å². The molecule has 0 radical (unpaired) electrons. The number of benzene rings is 2. The number of rotatable bonds is 8. The summed E-state index contributed by atoms with van der Waals surface area (Å²) in [4.78, 5) is 34.6. The van der Waals surface area contributed by atoms with E-state index in [0.29, 0.717) is 33.0 Å². The van der Waals surface area contributed by atoms with E-state index in [0.717, 1.165) is 10.6 Å². The minimum atomic E-state index is -0.308. The maximum atomic E-state index is 12.6. The minimum absolute atomic E-state index is 0.113. The molecule has 0 fully saturated rings.